The van der Waals surface area contributed by atoms with Gasteiger partial charge in [-0.3, -0.25) is 0 Å². The molecule has 1 aliphatic heterocycles. The van der Waals surface area contributed by atoms with Crippen molar-refractivity contribution in [2.75, 3.05) is 25.0 Å². The zero-order valence-electron chi connectivity index (χ0n) is 11.4. The van der Waals surface area contributed by atoms with E-state index in [1.54, 1.807) is 0 Å². The quantitative estimate of drug-likeness (QED) is 0.858. The number of rotatable bonds is 4. The van der Waals surface area contributed by atoms with E-state index in [1.807, 2.05) is 19.2 Å². The molecule has 0 spiro atoms. The van der Waals surface area contributed by atoms with Crippen LogP contribution in [0.25, 0.3) is 0 Å². The largest absolute Gasteiger partial charge is 0.387 e. The first-order valence-corrected chi connectivity index (χ1v) is 6.91. The Morgan fingerprint density at radius 2 is 2.06 bits per heavy atom. The smallest absolute Gasteiger partial charge is 0.0914 e. The maximum absolute atomic E-state index is 9.90. The minimum absolute atomic E-state index is 0.414. The van der Waals surface area contributed by atoms with Crippen molar-refractivity contribution in [3.05, 3.63) is 29.8 Å². The van der Waals surface area contributed by atoms with Crippen LogP contribution in [-0.2, 0) is 0 Å². The van der Waals surface area contributed by atoms with Gasteiger partial charge >= 0.3 is 0 Å². The fourth-order valence-corrected chi connectivity index (χ4v) is 2.68. The van der Waals surface area contributed by atoms with Gasteiger partial charge in [-0.15, -0.1) is 0 Å². The average Bonchev–Trinajstić information content (AvgIpc) is 2.40. The van der Waals surface area contributed by atoms with E-state index >= 15 is 0 Å². The number of anilines is 1. The van der Waals surface area contributed by atoms with E-state index in [0.717, 1.165) is 12.1 Å². The highest BCUT2D eigenvalue weighted by molar-refractivity contribution is 5.49. The van der Waals surface area contributed by atoms with Gasteiger partial charge in [0.2, 0.25) is 0 Å². The second-order valence-electron chi connectivity index (χ2n) is 5.20. The third kappa shape index (κ3) is 3.03. The number of nitrogens with one attached hydrogen (secondary N) is 1. The molecule has 1 heterocycles. The molecule has 2 unspecified atom stereocenters. The molecule has 3 heteroatoms. The summed E-state index contributed by atoms with van der Waals surface area (Å²) < 4.78 is 0. The second kappa shape index (κ2) is 6.21. The molecule has 0 saturated carbocycles. The van der Waals surface area contributed by atoms with Crippen molar-refractivity contribution in [3.8, 4) is 0 Å². The van der Waals surface area contributed by atoms with Crippen LogP contribution in [0.3, 0.4) is 0 Å². The SMILES string of the molecule is CNCC(O)c1ccc(N2CCCCC2C)cc1. The number of nitrogens with zero attached hydrogens (tertiary/aromatic N) is 1. The zero-order valence-corrected chi connectivity index (χ0v) is 11.4. The van der Waals surface area contributed by atoms with Gasteiger partial charge in [-0.05, 0) is 50.9 Å². The summed E-state index contributed by atoms with van der Waals surface area (Å²) in [5, 5.41) is 12.9. The van der Waals surface area contributed by atoms with Crippen LogP contribution in [-0.4, -0.2) is 31.3 Å². The highest BCUT2D eigenvalue weighted by Gasteiger charge is 2.18. The maximum atomic E-state index is 9.90. The zero-order chi connectivity index (χ0) is 13.0. The van der Waals surface area contributed by atoms with Gasteiger partial charge in [-0.25, -0.2) is 0 Å². The van der Waals surface area contributed by atoms with Crippen LogP contribution in [0.1, 0.15) is 37.9 Å². The molecule has 1 saturated heterocycles. The first-order chi connectivity index (χ1) is 8.72. The van der Waals surface area contributed by atoms with Crippen molar-refractivity contribution < 1.29 is 5.11 Å². The topological polar surface area (TPSA) is 35.5 Å². The molecule has 2 N–H and O–H groups in total. The number of piperidine rings is 1. The third-order valence-corrected chi connectivity index (χ3v) is 3.81. The Balaban J connectivity index is 2.06. The number of aliphatic hydroxyl groups excluding tert-OH is 1. The fraction of sp³-hybridized carbons (Fsp3) is 0.600. The molecule has 0 radical (unpaired) electrons. The number of aliphatic hydroxyl groups is 1. The molecule has 1 aromatic carbocycles. The number of likely N-dealkylation sites (N-methyl/N-ethyl adjacent to an activating group) is 1. The van der Waals surface area contributed by atoms with E-state index in [1.165, 1.54) is 24.9 Å². The standard InChI is InChI=1S/C15H24N2O/c1-12-5-3-4-10-17(12)14-8-6-13(7-9-14)15(18)11-16-2/h6-9,12,15-16,18H,3-5,10-11H2,1-2H3. The normalized spacial score (nSPS) is 21.9. The predicted octanol–water partition coefficient (Wildman–Crippen LogP) is 2.32. The molecular formula is C15H24N2O. The summed E-state index contributed by atoms with van der Waals surface area (Å²) in [5.41, 5.74) is 2.26. The van der Waals surface area contributed by atoms with Crippen LogP contribution in [0.2, 0.25) is 0 Å². The molecule has 0 bridgehead atoms. The van der Waals surface area contributed by atoms with E-state index in [2.05, 4.69) is 29.3 Å². The minimum Gasteiger partial charge on any atom is -0.387 e. The Kier molecular flexibility index (Phi) is 4.61. The van der Waals surface area contributed by atoms with E-state index in [-0.39, 0.29) is 0 Å². The van der Waals surface area contributed by atoms with E-state index < -0.39 is 6.10 Å². The lowest BCUT2D eigenvalue weighted by Gasteiger charge is -2.35. The Morgan fingerprint density at radius 3 is 2.67 bits per heavy atom. The molecule has 1 fully saturated rings. The molecule has 3 nitrogen and oxygen atoms in total. The predicted molar refractivity (Wildman–Crippen MR) is 76.0 cm³/mol. The lowest BCUT2D eigenvalue weighted by molar-refractivity contribution is 0.178. The van der Waals surface area contributed by atoms with Gasteiger partial charge in [-0.2, -0.15) is 0 Å². The first-order valence-electron chi connectivity index (χ1n) is 6.91. The van der Waals surface area contributed by atoms with Crippen molar-refractivity contribution in [3.63, 3.8) is 0 Å². The summed E-state index contributed by atoms with van der Waals surface area (Å²) in [6, 6.07) is 8.98. The summed E-state index contributed by atoms with van der Waals surface area (Å²) in [5.74, 6) is 0. The molecule has 0 aliphatic carbocycles. The number of hydrogen-bond acceptors (Lipinski definition) is 3. The molecule has 1 aromatic rings. The van der Waals surface area contributed by atoms with Crippen molar-refractivity contribution >= 4 is 5.69 Å². The van der Waals surface area contributed by atoms with Gasteiger partial charge in [0, 0.05) is 24.8 Å². The van der Waals surface area contributed by atoms with Gasteiger partial charge in [0.15, 0.2) is 0 Å². The molecule has 18 heavy (non-hydrogen) atoms. The van der Waals surface area contributed by atoms with Gasteiger partial charge in [0.05, 0.1) is 6.10 Å². The highest BCUT2D eigenvalue weighted by Crippen LogP contribution is 2.25. The van der Waals surface area contributed by atoms with E-state index in [4.69, 9.17) is 0 Å². The summed E-state index contributed by atoms with van der Waals surface area (Å²) in [6.07, 6.45) is 3.50. The molecule has 0 aromatic heterocycles. The summed E-state index contributed by atoms with van der Waals surface area (Å²) in [6.45, 7) is 4.04. The molecule has 0 amide bonds. The van der Waals surface area contributed by atoms with E-state index in [9.17, 15) is 5.11 Å². The Hall–Kier alpha value is -1.06. The van der Waals surface area contributed by atoms with Gasteiger partial charge in [0.25, 0.3) is 0 Å². The summed E-state index contributed by atoms with van der Waals surface area (Å²) in [7, 11) is 1.85. The van der Waals surface area contributed by atoms with Gasteiger partial charge in [-0.1, -0.05) is 12.1 Å². The molecule has 100 valence electrons. The van der Waals surface area contributed by atoms with Crippen LogP contribution in [0, 0.1) is 0 Å². The Bertz CT molecular complexity index is 363. The number of benzene rings is 1. The number of hydrogen-bond donors (Lipinski definition) is 2. The summed E-state index contributed by atoms with van der Waals surface area (Å²) >= 11 is 0. The lowest BCUT2D eigenvalue weighted by atomic mass is 10.0. The Labute approximate surface area is 110 Å². The van der Waals surface area contributed by atoms with Crippen LogP contribution in [0.5, 0.6) is 0 Å². The lowest BCUT2D eigenvalue weighted by Crippen LogP contribution is -2.37. The van der Waals surface area contributed by atoms with Crippen molar-refractivity contribution in [2.45, 2.75) is 38.3 Å². The second-order valence-corrected chi connectivity index (χ2v) is 5.20. The van der Waals surface area contributed by atoms with Crippen LogP contribution < -0.4 is 10.2 Å². The van der Waals surface area contributed by atoms with E-state index in [0.29, 0.717) is 12.6 Å². The monoisotopic (exact) mass is 248 g/mol. The minimum atomic E-state index is -0.414. The third-order valence-electron chi connectivity index (χ3n) is 3.81. The molecule has 2 atom stereocenters. The first kappa shape index (κ1) is 13.4. The van der Waals surface area contributed by atoms with Crippen molar-refractivity contribution in [1.82, 2.24) is 5.32 Å². The van der Waals surface area contributed by atoms with Crippen LogP contribution >= 0.6 is 0 Å². The van der Waals surface area contributed by atoms with Crippen molar-refractivity contribution in [1.29, 1.82) is 0 Å². The summed E-state index contributed by atoms with van der Waals surface area (Å²) in [4.78, 5) is 2.47. The van der Waals surface area contributed by atoms with Crippen molar-refractivity contribution in [2.24, 2.45) is 0 Å². The van der Waals surface area contributed by atoms with Crippen LogP contribution in [0.4, 0.5) is 5.69 Å². The van der Waals surface area contributed by atoms with Gasteiger partial charge < -0.3 is 15.3 Å². The average molecular weight is 248 g/mol. The maximum Gasteiger partial charge on any atom is 0.0914 e. The highest BCUT2D eigenvalue weighted by atomic mass is 16.3. The molecule has 1 aliphatic rings. The van der Waals surface area contributed by atoms with Gasteiger partial charge in [0.1, 0.15) is 0 Å². The molecular weight excluding hydrogens is 224 g/mol. The Morgan fingerprint density at radius 1 is 1.33 bits per heavy atom. The molecule has 2 rings (SSSR count). The van der Waals surface area contributed by atoms with Crippen LogP contribution in [0.15, 0.2) is 24.3 Å². The fourth-order valence-electron chi connectivity index (χ4n) is 2.68.